The third kappa shape index (κ3) is 4.81. The van der Waals surface area contributed by atoms with Crippen LogP contribution in [-0.2, 0) is 25.6 Å². The minimum Gasteiger partial charge on any atom is -0.466 e. The first-order valence-electron chi connectivity index (χ1n) is 12.8. The number of benzene rings is 2. The van der Waals surface area contributed by atoms with E-state index in [-0.39, 0.29) is 29.0 Å². The van der Waals surface area contributed by atoms with E-state index in [2.05, 4.69) is 22.3 Å². The van der Waals surface area contributed by atoms with Gasteiger partial charge >= 0.3 is 11.9 Å². The summed E-state index contributed by atoms with van der Waals surface area (Å²) in [6, 6.07) is 16.4. The molecule has 5 rings (SSSR count). The number of esters is 2. The quantitative estimate of drug-likeness (QED) is 0.330. The molecule has 0 radical (unpaired) electrons. The molecule has 3 aliphatic rings. The molecule has 198 valence electrons. The molecule has 0 spiro atoms. The Balaban J connectivity index is 1.44. The number of nitrogens with zero attached hydrogens (tertiary/aromatic N) is 2. The SMILES string of the molecule is COC(=O)C1=C(C)NC(C)=C(C(=O)OC2CC3CC2N(Cc2ccccc2)C3)C1c1cccc([N+](=O)[O-])c1. The van der Waals surface area contributed by atoms with Crippen molar-refractivity contribution >= 4 is 17.6 Å². The molecule has 2 aromatic rings. The maximum Gasteiger partial charge on any atom is 0.337 e. The van der Waals surface area contributed by atoms with E-state index in [9.17, 15) is 19.7 Å². The summed E-state index contributed by atoms with van der Waals surface area (Å²) in [6.07, 6.45) is 1.49. The maximum atomic E-state index is 13.8. The highest BCUT2D eigenvalue weighted by Crippen LogP contribution is 2.43. The molecule has 9 nitrogen and oxygen atoms in total. The normalized spacial score (nSPS) is 24.8. The monoisotopic (exact) mass is 517 g/mol. The zero-order chi connectivity index (χ0) is 27.0. The van der Waals surface area contributed by atoms with Gasteiger partial charge in [-0.3, -0.25) is 15.0 Å². The summed E-state index contributed by atoms with van der Waals surface area (Å²) >= 11 is 0. The Morgan fingerprint density at radius 1 is 1.03 bits per heavy atom. The predicted octanol–water partition coefficient (Wildman–Crippen LogP) is 4.21. The molecule has 38 heavy (non-hydrogen) atoms. The fraction of sp³-hybridized carbons (Fsp3) is 0.379. The van der Waals surface area contributed by atoms with E-state index < -0.39 is 22.8 Å². The Morgan fingerprint density at radius 2 is 1.74 bits per heavy atom. The number of nitrogens with one attached hydrogen (secondary N) is 1. The number of nitro benzene ring substituents is 1. The average Bonchev–Trinajstić information content (AvgIpc) is 3.48. The van der Waals surface area contributed by atoms with Crippen LogP contribution in [0.2, 0.25) is 0 Å². The molecule has 1 saturated heterocycles. The van der Waals surface area contributed by atoms with E-state index in [1.807, 2.05) is 18.2 Å². The minimum atomic E-state index is -0.866. The van der Waals surface area contributed by atoms with Gasteiger partial charge in [-0.15, -0.1) is 0 Å². The van der Waals surface area contributed by atoms with Gasteiger partial charge in [-0.05, 0) is 43.7 Å². The number of piperidine rings is 1. The van der Waals surface area contributed by atoms with Gasteiger partial charge in [0.15, 0.2) is 0 Å². The van der Waals surface area contributed by atoms with Crippen molar-refractivity contribution in [2.24, 2.45) is 5.92 Å². The molecule has 9 heteroatoms. The minimum absolute atomic E-state index is 0.121. The summed E-state index contributed by atoms with van der Waals surface area (Å²) in [5, 5.41) is 14.6. The van der Waals surface area contributed by atoms with Gasteiger partial charge in [0.05, 0.1) is 29.1 Å². The van der Waals surface area contributed by atoms with Gasteiger partial charge in [-0.25, -0.2) is 9.59 Å². The molecular formula is C29H31N3O6. The lowest BCUT2D eigenvalue weighted by Gasteiger charge is -2.35. The van der Waals surface area contributed by atoms with Crippen LogP contribution in [0, 0.1) is 16.0 Å². The van der Waals surface area contributed by atoms with E-state index >= 15 is 0 Å². The second-order valence-electron chi connectivity index (χ2n) is 10.2. The highest BCUT2D eigenvalue weighted by Gasteiger charge is 2.48. The third-order valence-corrected chi connectivity index (χ3v) is 7.82. The number of rotatable bonds is 7. The van der Waals surface area contributed by atoms with Crippen LogP contribution in [-0.4, -0.2) is 47.6 Å². The summed E-state index contributed by atoms with van der Waals surface area (Å²) < 4.78 is 11.2. The van der Waals surface area contributed by atoms with Crippen molar-refractivity contribution in [1.82, 2.24) is 10.2 Å². The van der Waals surface area contributed by atoms with Gasteiger partial charge in [-0.2, -0.15) is 0 Å². The summed E-state index contributed by atoms with van der Waals surface area (Å²) in [6.45, 7) is 5.24. The molecule has 2 heterocycles. The van der Waals surface area contributed by atoms with E-state index in [1.165, 1.54) is 24.8 Å². The van der Waals surface area contributed by atoms with Crippen LogP contribution in [0.4, 0.5) is 5.69 Å². The molecule has 1 saturated carbocycles. The summed E-state index contributed by atoms with van der Waals surface area (Å²) in [5.74, 6) is -1.55. The molecule has 0 aromatic heterocycles. The van der Waals surface area contributed by atoms with Gasteiger partial charge < -0.3 is 14.8 Å². The Kier molecular flexibility index (Phi) is 7.03. The number of nitro groups is 1. The number of carbonyl (C=O) groups excluding carboxylic acids is 2. The second kappa shape index (κ2) is 10.4. The second-order valence-corrected chi connectivity index (χ2v) is 10.2. The molecule has 4 unspecified atom stereocenters. The van der Waals surface area contributed by atoms with Crippen molar-refractivity contribution in [2.45, 2.75) is 51.3 Å². The molecule has 4 atom stereocenters. The molecular weight excluding hydrogens is 486 g/mol. The molecule has 1 N–H and O–H groups in total. The molecule has 1 aliphatic carbocycles. The lowest BCUT2D eigenvalue weighted by Crippen LogP contribution is -2.43. The Morgan fingerprint density at radius 3 is 2.39 bits per heavy atom. The number of fused-ring (bicyclic) bond motifs is 2. The third-order valence-electron chi connectivity index (χ3n) is 7.82. The fourth-order valence-corrected chi connectivity index (χ4v) is 6.20. The number of dihydropyridines is 1. The van der Waals surface area contributed by atoms with Gasteiger partial charge in [0, 0.05) is 42.7 Å². The van der Waals surface area contributed by atoms with E-state index in [4.69, 9.17) is 9.47 Å². The highest BCUT2D eigenvalue weighted by molar-refractivity contribution is 6.00. The first-order chi connectivity index (χ1) is 18.3. The molecule has 2 aliphatic heterocycles. The number of hydrogen-bond donors (Lipinski definition) is 1. The lowest BCUT2D eigenvalue weighted by molar-refractivity contribution is -0.384. The largest absolute Gasteiger partial charge is 0.466 e. The Labute approximate surface area is 221 Å². The number of ether oxygens (including phenoxy) is 2. The van der Waals surface area contributed by atoms with Crippen LogP contribution in [0.5, 0.6) is 0 Å². The number of methoxy groups -OCH3 is 1. The van der Waals surface area contributed by atoms with Gasteiger partial charge in [0.1, 0.15) is 6.10 Å². The van der Waals surface area contributed by atoms with Gasteiger partial charge in [0.2, 0.25) is 0 Å². The molecule has 2 bridgehead atoms. The number of allylic oxidation sites excluding steroid dienone is 2. The summed E-state index contributed by atoms with van der Waals surface area (Å²) in [7, 11) is 1.27. The average molecular weight is 518 g/mol. The van der Waals surface area contributed by atoms with Crippen molar-refractivity contribution in [3.63, 3.8) is 0 Å². The number of hydrogen-bond acceptors (Lipinski definition) is 8. The topological polar surface area (TPSA) is 111 Å². The van der Waals surface area contributed by atoms with Crippen LogP contribution in [0.25, 0.3) is 0 Å². The summed E-state index contributed by atoms with van der Waals surface area (Å²) in [4.78, 5) is 40.1. The maximum absolute atomic E-state index is 13.8. The Bertz CT molecular complexity index is 1330. The molecule has 2 fully saturated rings. The standard InChI is InChI=1S/C29H31N3O6/c1-17-25(28(33)37-3)27(21-10-7-11-22(14-21)32(35)36)26(18(2)30-17)29(34)38-24-13-20-12-23(24)31(16-20)15-19-8-5-4-6-9-19/h4-11,14,20,23-24,27,30H,12-13,15-16H2,1-3H3. The number of non-ortho nitro benzene ring substituents is 1. The van der Waals surface area contributed by atoms with Crippen LogP contribution in [0.1, 0.15) is 43.7 Å². The predicted molar refractivity (Wildman–Crippen MR) is 140 cm³/mol. The van der Waals surface area contributed by atoms with Crippen molar-refractivity contribution in [2.75, 3.05) is 13.7 Å². The molecule has 0 amide bonds. The van der Waals surface area contributed by atoms with Crippen molar-refractivity contribution in [1.29, 1.82) is 0 Å². The van der Waals surface area contributed by atoms with Gasteiger partial charge in [0.25, 0.3) is 5.69 Å². The van der Waals surface area contributed by atoms with Crippen LogP contribution >= 0.6 is 0 Å². The highest BCUT2D eigenvalue weighted by atomic mass is 16.6. The van der Waals surface area contributed by atoms with Crippen molar-refractivity contribution in [3.8, 4) is 0 Å². The van der Waals surface area contributed by atoms with Gasteiger partial charge in [-0.1, -0.05) is 42.5 Å². The Hall–Kier alpha value is -3.98. The van der Waals surface area contributed by atoms with E-state index in [1.54, 1.807) is 26.0 Å². The first-order valence-corrected chi connectivity index (χ1v) is 12.8. The van der Waals surface area contributed by atoms with Crippen molar-refractivity contribution in [3.05, 3.63) is 98.4 Å². The smallest absolute Gasteiger partial charge is 0.337 e. The number of carbonyl (C=O) groups is 2. The molecule has 2 aromatic carbocycles. The zero-order valence-corrected chi connectivity index (χ0v) is 21.7. The van der Waals surface area contributed by atoms with E-state index in [0.29, 0.717) is 22.9 Å². The summed E-state index contributed by atoms with van der Waals surface area (Å²) in [5.41, 5.74) is 3.09. The number of likely N-dealkylation sites (tertiary alicyclic amines) is 1. The van der Waals surface area contributed by atoms with E-state index in [0.717, 1.165) is 25.9 Å². The lowest BCUT2D eigenvalue weighted by atomic mass is 9.80. The zero-order valence-electron chi connectivity index (χ0n) is 21.7. The van der Waals surface area contributed by atoms with Crippen molar-refractivity contribution < 1.29 is 24.0 Å². The van der Waals surface area contributed by atoms with Crippen LogP contribution in [0.3, 0.4) is 0 Å². The first kappa shape index (κ1) is 25.7. The fourth-order valence-electron chi connectivity index (χ4n) is 6.20. The van der Waals surface area contributed by atoms with Crippen LogP contribution < -0.4 is 5.32 Å². The van der Waals surface area contributed by atoms with Crippen LogP contribution in [0.15, 0.2) is 77.1 Å².